The van der Waals surface area contributed by atoms with E-state index in [1.165, 1.54) is 23.1 Å². The molecule has 0 radical (unpaired) electrons. The lowest BCUT2D eigenvalue weighted by Gasteiger charge is -2.12. The predicted octanol–water partition coefficient (Wildman–Crippen LogP) is 4.22. The minimum atomic E-state index is -0.487. The average molecular weight is 439 g/mol. The number of fused-ring (bicyclic) bond motifs is 1. The third kappa shape index (κ3) is 4.24. The Kier molecular flexibility index (Phi) is 5.87. The van der Waals surface area contributed by atoms with E-state index in [0.29, 0.717) is 15.7 Å². The van der Waals surface area contributed by atoms with Gasteiger partial charge in [-0.3, -0.25) is 9.59 Å². The summed E-state index contributed by atoms with van der Waals surface area (Å²) in [6.45, 7) is 3.72. The lowest BCUT2D eigenvalue weighted by molar-refractivity contribution is -0.115. The minimum absolute atomic E-state index is 0.200. The van der Waals surface area contributed by atoms with E-state index in [-0.39, 0.29) is 5.91 Å². The fourth-order valence-corrected chi connectivity index (χ4v) is 5.66. The van der Waals surface area contributed by atoms with Crippen LogP contribution in [0.5, 0.6) is 0 Å². The van der Waals surface area contributed by atoms with Crippen molar-refractivity contribution in [3.05, 3.63) is 58.1 Å². The number of aromatic nitrogens is 2. The van der Waals surface area contributed by atoms with Crippen molar-refractivity contribution in [3.63, 3.8) is 0 Å². The maximum absolute atomic E-state index is 12.8. The second-order valence-corrected chi connectivity index (χ2v) is 9.63. The van der Waals surface area contributed by atoms with Crippen molar-refractivity contribution in [3.8, 4) is 11.3 Å². The number of hydrogen-bond acceptors (Lipinski definition) is 6. The zero-order valence-electron chi connectivity index (χ0n) is 16.8. The smallest absolute Gasteiger partial charge is 0.251 e. The lowest BCUT2D eigenvalue weighted by Crippen LogP contribution is -2.24. The molecule has 8 heteroatoms. The van der Waals surface area contributed by atoms with Gasteiger partial charge in [-0.2, -0.15) is 0 Å². The van der Waals surface area contributed by atoms with Crippen LogP contribution in [-0.2, 0) is 17.6 Å². The Bertz CT molecular complexity index is 1110. The van der Waals surface area contributed by atoms with Gasteiger partial charge in [-0.25, -0.2) is 9.97 Å². The molecule has 30 heavy (non-hydrogen) atoms. The molecule has 2 aromatic heterocycles. The van der Waals surface area contributed by atoms with E-state index >= 15 is 0 Å². The molecule has 0 fully saturated rings. The van der Waals surface area contributed by atoms with E-state index in [1.54, 1.807) is 6.92 Å². The predicted molar refractivity (Wildman–Crippen MR) is 121 cm³/mol. The van der Waals surface area contributed by atoms with Crippen LogP contribution in [0.15, 0.2) is 41.6 Å². The molecule has 0 unspecified atom stereocenters. The normalized spacial score (nSPS) is 13.7. The first-order valence-electron chi connectivity index (χ1n) is 9.75. The molecular weight excluding hydrogens is 416 g/mol. The summed E-state index contributed by atoms with van der Waals surface area (Å²) >= 11 is 2.75. The van der Waals surface area contributed by atoms with Crippen molar-refractivity contribution in [2.45, 2.75) is 43.5 Å². The van der Waals surface area contributed by atoms with Crippen molar-refractivity contribution in [1.29, 1.82) is 0 Å². The first-order valence-corrected chi connectivity index (χ1v) is 11.4. The molecule has 3 aromatic rings. The van der Waals surface area contributed by atoms with Crippen LogP contribution in [0.25, 0.3) is 11.3 Å². The van der Waals surface area contributed by atoms with Gasteiger partial charge in [0.25, 0.3) is 5.91 Å². The number of nitrogens with two attached hydrogens (primary N) is 1. The number of nitrogens with zero attached hydrogens (tertiary/aromatic N) is 2. The molecule has 0 saturated heterocycles. The zero-order valence-corrected chi connectivity index (χ0v) is 18.4. The molecule has 1 aliphatic carbocycles. The van der Waals surface area contributed by atoms with Gasteiger partial charge in [0, 0.05) is 16.1 Å². The Hall–Kier alpha value is -2.71. The van der Waals surface area contributed by atoms with Gasteiger partial charge in [0.15, 0.2) is 5.16 Å². The molecule has 2 amide bonds. The number of anilines is 1. The van der Waals surface area contributed by atoms with Crippen molar-refractivity contribution in [2.75, 3.05) is 5.32 Å². The fraction of sp³-hybridized carbons (Fsp3) is 0.273. The minimum Gasteiger partial charge on any atom is -0.365 e. The summed E-state index contributed by atoms with van der Waals surface area (Å²) in [6.07, 6.45) is 2.79. The van der Waals surface area contributed by atoms with Crippen molar-refractivity contribution in [2.24, 2.45) is 5.73 Å². The number of primary amides is 1. The van der Waals surface area contributed by atoms with Gasteiger partial charge in [0.2, 0.25) is 5.91 Å². The van der Waals surface area contributed by atoms with Crippen LogP contribution in [0.4, 0.5) is 5.00 Å². The molecule has 6 nitrogen and oxygen atoms in total. The quantitative estimate of drug-likeness (QED) is 0.443. The summed E-state index contributed by atoms with van der Waals surface area (Å²) in [4.78, 5) is 35.0. The maximum Gasteiger partial charge on any atom is 0.251 e. The van der Waals surface area contributed by atoms with E-state index in [2.05, 4.69) is 15.3 Å². The summed E-state index contributed by atoms with van der Waals surface area (Å²) in [5.74, 6) is -0.687. The highest BCUT2D eigenvalue weighted by atomic mass is 32.2. The van der Waals surface area contributed by atoms with Crippen LogP contribution < -0.4 is 11.1 Å². The van der Waals surface area contributed by atoms with Gasteiger partial charge >= 0.3 is 0 Å². The third-order valence-electron chi connectivity index (χ3n) is 4.96. The molecule has 4 rings (SSSR count). The van der Waals surface area contributed by atoms with Crippen LogP contribution in [0, 0.1) is 6.92 Å². The van der Waals surface area contributed by atoms with Gasteiger partial charge in [-0.05, 0) is 44.7 Å². The summed E-state index contributed by atoms with van der Waals surface area (Å²) in [7, 11) is 0. The fourth-order valence-electron chi connectivity index (χ4n) is 3.53. The SMILES string of the molecule is Cc1cc(-c2ccccc2)nc(S[C@H](C)C(=O)Nc2sc3c(c2C(N)=O)CCC3)n1. The number of nitrogens with one attached hydrogen (secondary N) is 1. The summed E-state index contributed by atoms with van der Waals surface area (Å²) in [6, 6.07) is 11.8. The molecule has 154 valence electrons. The third-order valence-corrected chi connectivity index (χ3v) is 7.13. The Morgan fingerprint density at radius 3 is 2.70 bits per heavy atom. The summed E-state index contributed by atoms with van der Waals surface area (Å²) in [5.41, 5.74) is 9.72. The van der Waals surface area contributed by atoms with Gasteiger partial charge < -0.3 is 11.1 Å². The lowest BCUT2D eigenvalue weighted by atomic mass is 10.1. The largest absolute Gasteiger partial charge is 0.365 e. The van der Waals surface area contributed by atoms with Crippen molar-refractivity contribution in [1.82, 2.24) is 9.97 Å². The van der Waals surface area contributed by atoms with E-state index in [0.717, 1.165) is 46.7 Å². The van der Waals surface area contributed by atoms with Crippen LogP contribution >= 0.6 is 23.1 Å². The van der Waals surface area contributed by atoms with Crippen LogP contribution in [0.2, 0.25) is 0 Å². The molecule has 1 aliphatic rings. The standard InChI is InChI=1S/C22H22N4O2S2/c1-12-11-16(14-7-4-3-5-8-14)25-22(24-12)29-13(2)20(28)26-21-18(19(23)27)15-9-6-10-17(15)30-21/h3-5,7-8,11,13H,6,9-10H2,1-2H3,(H2,23,27)(H,26,28)/t13-/m1/s1. The zero-order chi connectivity index (χ0) is 21.3. The number of rotatable bonds is 6. The van der Waals surface area contributed by atoms with Crippen LogP contribution in [0.3, 0.4) is 0 Å². The second kappa shape index (κ2) is 8.57. The average Bonchev–Trinajstić information content (AvgIpc) is 3.28. The Labute approximate surface area is 183 Å². The number of aryl methyl sites for hydroxylation is 2. The van der Waals surface area contributed by atoms with Crippen molar-refractivity contribution >= 4 is 39.9 Å². The Balaban J connectivity index is 1.51. The number of amides is 2. The maximum atomic E-state index is 12.8. The summed E-state index contributed by atoms with van der Waals surface area (Å²) < 4.78 is 0. The highest BCUT2D eigenvalue weighted by Crippen LogP contribution is 2.39. The van der Waals surface area contributed by atoms with E-state index < -0.39 is 11.2 Å². The number of carbonyl (C=O) groups is 2. The van der Waals surface area contributed by atoms with Crippen LogP contribution in [-0.4, -0.2) is 27.0 Å². The number of carbonyl (C=O) groups excluding carboxylic acids is 2. The van der Waals surface area contributed by atoms with E-state index in [1.807, 2.05) is 43.3 Å². The molecule has 0 aliphatic heterocycles. The van der Waals surface area contributed by atoms with Crippen molar-refractivity contribution < 1.29 is 9.59 Å². The van der Waals surface area contributed by atoms with Gasteiger partial charge in [-0.15, -0.1) is 11.3 Å². The Morgan fingerprint density at radius 2 is 1.97 bits per heavy atom. The van der Waals surface area contributed by atoms with Gasteiger partial charge in [-0.1, -0.05) is 42.1 Å². The summed E-state index contributed by atoms with van der Waals surface area (Å²) in [5, 5.41) is 3.56. The second-order valence-electron chi connectivity index (χ2n) is 7.22. The highest BCUT2D eigenvalue weighted by Gasteiger charge is 2.27. The molecular formula is C22H22N4O2S2. The van der Waals surface area contributed by atoms with Gasteiger partial charge in [0.1, 0.15) is 5.00 Å². The van der Waals surface area contributed by atoms with E-state index in [9.17, 15) is 9.59 Å². The molecule has 0 saturated carbocycles. The number of benzene rings is 1. The van der Waals surface area contributed by atoms with E-state index in [4.69, 9.17) is 5.73 Å². The molecule has 1 aromatic carbocycles. The monoisotopic (exact) mass is 438 g/mol. The first kappa shape index (κ1) is 20.6. The molecule has 3 N–H and O–H groups in total. The number of thioether (sulfide) groups is 1. The molecule has 0 spiro atoms. The highest BCUT2D eigenvalue weighted by molar-refractivity contribution is 8.00. The van der Waals surface area contributed by atoms with Gasteiger partial charge in [0.05, 0.1) is 16.5 Å². The number of thiophene rings is 1. The molecule has 2 heterocycles. The first-order chi connectivity index (χ1) is 14.4. The molecule has 1 atom stereocenters. The van der Waals surface area contributed by atoms with Crippen LogP contribution in [0.1, 0.15) is 39.8 Å². The Morgan fingerprint density at radius 1 is 1.20 bits per heavy atom. The molecule has 0 bridgehead atoms. The topological polar surface area (TPSA) is 98.0 Å². The number of hydrogen-bond donors (Lipinski definition) is 2.